The van der Waals surface area contributed by atoms with Gasteiger partial charge >= 0.3 is 0 Å². The van der Waals surface area contributed by atoms with Gasteiger partial charge in [0.05, 0.1) is 4.90 Å². The molecule has 6 heteroatoms. The fourth-order valence-electron chi connectivity index (χ4n) is 1.82. The average molecular weight is 298 g/mol. The van der Waals surface area contributed by atoms with Crippen molar-refractivity contribution in [3.8, 4) is 0 Å². The first-order chi connectivity index (χ1) is 9.28. The van der Waals surface area contributed by atoms with Gasteiger partial charge in [0.15, 0.2) is 0 Å². The number of sulfonamides is 1. The van der Waals surface area contributed by atoms with Gasteiger partial charge in [-0.05, 0) is 31.5 Å². The van der Waals surface area contributed by atoms with Crippen LogP contribution in [0.3, 0.4) is 0 Å². The van der Waals surface area contributed by atoms with Gasteiger partial charge in [-0.3, -0.25) is 4.79 Å². The zero-order valence-corrected chi connectivity index (χ0v) is 13.2. The second kappa shape index (κ2) is 6.85. The van der Waals surface area contributed by atoms with Crippen LogP contribution >= 0.6 is 0 Å². The summed E-state index contributed by atoms with van der Waals surface area (Å²) in [5, 5.41) is 2.86. The van der Waals surface area contributed by atoms with Gasteiger partial charge in [-0.1, -0.05) is 19.4 Å². The first-order valence-electron chi connectivity index (χ1n) is 6.62. The third-order valence-electron chi connectivity index (χ3n) is 2.97. The molecule has 1 rings (SSSR count). The number of nitrogens with zero attached hydrogens (tertiary/aromatic N) is 1. The van der Waals surface area contributed by atoms with E-state index < -0.39 is 10.0 Å². The number of benzene rings is 1. The van der Waals surface area contributed by atoms with E-state index in [2.05, 4.69) is 5.32 Å². The van der Waals surface area contributed by atoms with Gasteiger partial charge in [0.2, 0.25) is 10.0 Å². The van der Waals surface area contributed by atoms with E-state index in [1.54, 1.807) is 12.1 Å². The summed E-state index contributed by atoms with van der Waals surface area (Å²) in [4.78, 5) is 12.2. The van der Waals surface area contributed by atoms with Crippen LogP contribution in [0.5, 0.6) is 0 Å². The first kappa shape index (κ1) is 16.7. The second-order valence-corrected chi connectivity index (χ2v) is 7.13. The normalized spacial score (nSPS) is 13.2. The molecular weight excluding hydrogens is 276 g/mol. The molecule has 1 atom stereocenters. The summed E-state index contributed by atoms with van der Waals surface area (Å²) in [6.45, 7) is 3.98. The Morgan fingerprint density at radius 1 is 1.35 bits per heavy atom. The lowest BCUT2D eigenvalue weighted by Gasteiger charge is -2.14. The molecule has 0 saturated carbocycles. The first-order valence-corrected chi connectivity index (χ1v) is 8.06. The monoisotopic (exact) mass is 298 g/mol. The lowest BCUT2D eigenvalue weighted by molar-refractivity contribution is 0.0938. The predicted molar refractivity (Wildman–Crippen MR) is 79.2 cm³/mol. The lowest BCUT2D eigenvalue weighted by atomic mass is 10.1. The zero-order valence-electron chi connectivity index (χ0n) is 12.4. The van der Waals surface area contributed by atoms with Crippen LogP contribution in [-0.2, 0) is 10.0 Å². The van der Waals surface area contributed by atoms with Crippen molar-refractivity contribution in [1.29, 1.82) is 0 Å². The summed E-state index contributed by atoms with van der Waals surface area (Å²) in [7, 11) is -0.591. The fraction of sp³-hybridized carbons (Fsp3) is 0.500. The van der Waals surface area contributed by atoms with Gasteiger partial charge in [0.25, 0.3) is 5.91 Å². The van der Waals surface area contributed by atoms with Crippen molar-refractivity contribution in [3.63, 3.8) is 0 Å². The molecule has 0 aromatic heterocycles. The zero-order chi connectivity index (χ0) is 15.3. The predicted octanol–water partition coefficient (Wildman–Crippen LogP) is 1.86. The van der Waals surface area contributed by atoms with Gasteiger partial charge < -0.3 is 5.32 Å². The summed E-state index contributed by atoms with van der Waals surface area (Å²) in [6, 6.07) is 6.16. The Morgan fingerprint density at radius 3 is 2.55 bits per heavy atom. The van der Waals surface area contributed by atoms with Crippen LogP contribution in [0, 0.1) is 0 Å². The molecule has 1 N–H and O–H groups in total. The number of hydrogen-bond donors (Lipinski definition) is 1. The smallest absolute Gasteiger partial charge is 0.251 e. The molecular formula is C14H22N2O3S. The van der Waals surface area contributed by atoms with E-state index in [0.29, 0.717) is 5.56 Å². The fourth-order valence-corrected chi connectivity index (χ4v) is 2.77. The molecule has 1 aromatic rings. The molecule has 1 amide bonds. The Bertz CT molecular complexity index is 568. The number of carbonyl (C=O) groups excluding carboxylic acids is 1. The number of nitrogens with one attached hydrogen (secondary N) is 1. The molecule has 0 heterocycles. The third-order valence-corrected chi connectivity index (χ3v) is 4.79. The van der Waals surface area contributed by atoms with E-state index in [-0.39, 0.29) is 16.8 Å². The summed E-state index contributed by atoms with van der Waals surface area (Å²) in [5.41, 5.74) is 0.357. The minimum Gasteiger partial charge on any atom is -0.350 e. The summed E-state index contributed by atoms with van der Waals surface area (Å²) < 4.78 is 25.2. The third kappa shape index (κ3) is 4.05. The summed E-state index contributed by atoms with van der Waals surface area (Å²) in [6.07, 6.45) is 1.87. The Labute approximate surface area is 121 Å². The van der Waals surface area contributed by atoms with Crippen LogP contribution in [0.15, 0.2) is 29.2 Å². The van der Waals surface area contributed by atoms with Crippen molar-refractivity contribution in [2.45, 2.75) is 37.6 Å². The van der Waals surface area contributed by atoms with E-state index >= 15 is 0 Å². The Morgan fingerprint density at radius 2 is 2.00 bits per heavy atom. The molecule has 20 heavy (non-hydrogen) atoms. The SMILES string of the molecule is CCCC(C)NC(=O)c1cccc(S(=O)(=O)N(C)C)c1. The van der Waals surface area contributed by atoms with Crippen LogP contribution in [0.2, 0.25) is 0 Å². The minimum absolute atomic E-state index is 0.0709. The number of rotatable bonds is 6. The number of carbonyl (C=O) groups is 1. The number of hydrogen-bond acceptors (Lipinski definition) is 3. The Balaban J connectivity index is 2.97. The van der Waals surface area contributed by atoms with Gasteiger partial charge in [-0.25, -0.2) is 12.7 Å². The molecule has 1 aromatic carbocycles. The maximum Gasteiger partial charge on any atom is 0.251 e. The standard InChI is InChI=1S/C14H22N2O3S/c1-5-7-11(2)15-14(17)12-8-6-9-13(10-12)20(18,19)16(3)4/h6,8-11H,5,7H2,1-4H3,(H,15,17). The highest BCUT2D eigenvalue weighted by Gasteiger charge is 2.19. The lowest BCUT2D eigenvalue weighted by Crippen LogP contribution is -2.32. The van der Waals surface area contributed by atoms with Crippen molar-refractivity contribution in [3.05, 3.63) is 29.8 Å². The summed E-state index contributed by atoms with van der Waals surface area (Å²) >= 11 is 0. The van der Waals surface area contributed by atoms with E-state index in [9.17, 15) is 13.2 Å². The maximum atomic E-state index is 12.1. The molecule has 0 aliphatic carbocycles. The quantitative estimate of drug-likeness (QED) is 0.871. The molecule has 0 aliphatic rings. The van der Waals surface area contributed by atoms with Crippen LogP contribution in [0.25, 0.3) is 0 Å². The Kier molecular flexibility index (Phi) is 5.71. The van der Waals surface area contributed by atoms with E-state index in [4.69, 9.17) is 0 Å². The molecule has 0 bridgehead atoms. The highest BCUT2D eigenvalue weighted by Crippen LogP contribution is 2.15. The van der Waals surface area contributed by atoms with Crippen LogP contribution in [0.1, 0.15) is 37.0 Å². The molecule has 1 unspecified atom stereocenters. The molecule has 0 saturated heterocycles. The van der Waals surface area contributed by atoms with Gasteiger partial charge in [0.1, 0.15) is 0 Å². The minimum atomic E-state index is -3.52. The van der Waals surface area contributed by atoms with Crippen LogP contribution in [0.4, 0.5) is 0 Å². The van der Waals surface area contributed by atoms with Crippen molar-refractivity contribution >= 4 is 15.9 Å². The largest absolute Gasteiger partial charge is 0.350 e. The molecule has 0 aliphatic heterocycles. The molecule has 112 valence electrons. The maximum absolute atomic E-state index is 12.1. The van der Waals surface area contributed by atoms with Gasteiger partial charge in [-0.15, -0.1) is 0 Å². The van der Waals surface area contributed by atoms with Gasteiger partial charge in [-0.2, -0.15) is 0 Å². The number of amides is 1. The summed E-state index contributed by atoms with van der Waals surface area (Å²) in [5.74, 6) is -0.248. The van der Waals surface area contributed by atoms with Crippen molar-refractivity contribution < 1.29 is 13.2 Å². The van der Waals surface area contributed by atoms with E-state index in [1.807, 2.05) is 13.8 Å². The molecule has 0 radical (unpaired) electrons. The highest BCUT2D eigenvalue weighted by molar-refractivity contribution is 7.89. The molecule has 0 fully saturated rings. The van der Waals surface area contributed by atoms with Crippen molar-refractivity contribution in [1.82, 2.24) is 9.62 Å². The van der Waals surface area contributed by atoms with E-state index in [0.717, 1.165) is 17.1 Å². The molecule has 5 nitrogen and oxygen atoms in total. The Hall–Kier alpha value is -1.40. The topological polar surface area (TPSA) is 66.5 Å². The van der Waals surface area contributed by atoms with Crippen molar-refractivity contribution in [2.24, 2.45) is 0 Å². The highest BCUT2D eigenvalue weighted by atomic mass is 32.2. The van der Waals surface area contributed by atoms with Crippen LogP contribution < -0.4 is 5.32 Å². The van der Waals surface area contributed by atoms with Gasteiger partial charge in [0, 0.05) is 25.7 Å². The molecule has 0 spiro atoms. The average Bonchev–Trinajstić information content (AvgIpc) is 2.38. The van der Waals surface area contributed by atoms with Crippen LogP contribution in [-0.4, -0.2) is 38.8 Å². The van der Waals surface area contributed by atoms with Crippen molar-refractivity contribution in [2.75, 3.05) is 14.1 Å². The van der Waals surface area contributed by atoms with E-state index in [1.165, 1.54) is 26.2 Å². The second-order valence-electron chi connectivity index (χ2n) is 4.98.